The molecule has 0 saturated carbocycles. The molecule has 0 fully saturated rings. The molecular weight excluding hydrogens is 540 g/mol. The molecule has 41 heavy (non-hydrogen) atoms. The Morgan fingerprint density at radius 2 is 1.78 bits per heavy atom. The molecule has 9 nitrogen and oxygen atoms in total. The minimum atomic E-state index is -0.643. The lowest BCUT2D eigenvalue weighted by atomic mass is 10.1. The highest BCUT2D eigenvalue weighted by molar-refractivity contribution is 7.07. The Balaban J connectivity index is 1.67. The summed E-state index contributed by atoms with van der Waals surface area (Å²) in [5, 5.41) is 24.3. The van der Waals surface area contributed by atoms with Gasteiger partial charge in [-0.05, 0) is 61.4 Å². The van der Waals surface area contributed by atoms with Gasteiger partial charge in [0.25, 0.3) is 17.2 Å². The molecule has 0 spiro atoms. The van der Waals surface area contributed by atoms with Crippen LogP contribution in [0, 0.1) is 35.3 Å². The molecule has 3 aromatic carbocycles. The Bertz CT molecular complexity index is 2030. The Labute approximate surface area is 237 Å². The fourth-order valence-electron chi connectivity index (χ4n) is 4.26. The summed E-state index contributed by atoms with van der Waals surface area (Å²) in [6.07, 6.45) is 1.49. The second-order valence-electron chi connectivity index (χ2n) is 9.13. The number of nitrogens with zero attached hydrogens (tertiary/aromatic N) is 3. The second kappa shape index (κ2) is 11.3. The number of hydrogen-bond acceptors (Lipinski definition) is 7. The summed E-state index contributed by atoms with van der Waals surface area (Å²) in [5.74, 6) is -0.0992. The van der Waals surface area contributed by atoms with Gasteiger partial charge in [-0.15, -0.1) is 11.3 Å². The topological polar surface area (TPSA) is 131 Å². The van der Waals surface area contributed by atoms with Crippen molar-refractivity contribution in [3.63, 3.8) is 0 Å². The summed E-state index contributed by atoms with van der Waals surface area (Å²) in [4.78, 5) is 38.0. The number of rotatable bonds is 6. The minimum absolute atomic E-state index is 0.110. The Hall–Kier alpha value is -5.53. The van der Waals surface area contributed by atoms with Gasteiger partial charge in [-0.3, -0.25) is 24.3 Å². The van der Waals surface area contributed by atoms with Crippen LogP contribution in [0.15, 0.2) is 94.1 Å². The van der Waals surface area contributed by atoms with Gasteiger partial charge in [0, 0.05) is 17.8 Å². The quantitative estimate of drug-likeness (QED) is 0.233. The first-order chi connectivity index (χ1) is 19.8. The van der Waals surface area contributed by atoms with Crippen molar-refractivity contribution in [3.05, 3.63) is 131 Å². The van der Waals surface area contributed by atoms with Gasteiger partial charge in [0.15, 0.2) is 5.57 Å². The molecule has 2 aromatic heterocycles. The van der Waals surface area contributed by atoms with E-state index in [2.05, 4.69) is 5.32 Å². The zero-order chi connectivity index (χ0) is 29.1. The predicted molar refractivity (Wildman–Crippen MR) is 157 cm³/mol. The van der Waals surface area contributed by atoms with Crippen LogP contribution in [0.2, 0.25) is 0 Å². The van der Waals surface area contributed by atoms with Gasteiger partial charge >= 0.3 is 0 Å². The monoisotopic (exact) mass is 562 g/mol. The van der Waals surface area contributed by atoms with E-state index in [-0.39, 0.29) is 32.0 Å². The van der Waals surface area contributed by atoms with Crippen LogP contribution in [-0.4, -0.2) is 15.4 Å². The van der Waals surface area contributed by atoms with E-state index in [0.717, 1.165) is 22.5 Å². The summed E-state index contributed by atoms with van der Waals surface area (Å²) >= 11 is 0.974. The predicted octanol–water partition coefficient (Wildman–Crippen LogP) is 4.83. The maximum atomic E-state index is 13.7. The molecule has 1 amide bonds. The van der Waals surface area contributed by atoms with E-state index in [4.69, 9.17) is 4.42 Å². The lowest BCUT2D eigenvalue weighted by Crippen LogP contribution is -2.32. The van der Waals surface area contributed by atoms with E-state index >= 15 is 0 Å². The van der Waals surface area contributed by atoms with Crippen molar-refractivity contribution in [2.75, 3.05) is 5.32 Å². The van der Waals surface area contributed by atoms with Crippen molar-refractivity contribution in [1.29, 1.82) is 5.26 Å². The van der Waals surface area contributed by atoms with E-state index in [1.807, 2.05) is 38.1 Å². The van der Waals surface area contributed by atoms with E-state index in [0.29, 0.717) is 16.9 Å². The van der Waals surface area contributed by atoms with Crippen molar-refractivity contribution >= 4 is 40.3 Å². The fraction of sp³-hybridized carbons (Fsp3) is 0.0645. The standard InChI is InChI=1S/C31H22N4O5S/c1-19-12-13-20(2)25(16-19)33-29(36)24(18-32)31-34(21-8-4-3-5-9-21)30(37)28(41-31)17-22-14-15-27(40-22)23-10-6-7-11-26(23)35(38)39/h3-17H,1-2H3,(H,33,36). The molecule has 0 aliphatic carbocycles. The number of nitro groups is 1. The molecule has 202 valence electrons. The number of carbonyl (C=O) groups excluding carboxylic acids is 1. The molecule has 0 unspecified atom stereocenters. The number of thiazole rings is 1. The van der Waals surface area contributed by atoms with Crippen LogP contribution >= 0.6 is 11.3 Å². The van der Waals surface area contributed by atoms with Gasteiger partial charge in [0.1, 0.15) is 22.3 Å². The SMILES string of the molecule is Cc1ccc(C)c(NC(=O)C(C#N)=c2sc(=Cc3ccc(-c4ccccc4[N+](=O)[O-])o3)c(=O)n2-c2ccccc2)c1. The second-order valence-corrected chi connectivity index (χ2v) is 10.2. The maximum Gasteiger partial charge on any atom is 0.280 e. The van der Waals surface area contributed by atoms with Crippen LogP contribution < -0.4 is 20.1 Å². The first kappa shape index (κ1) is 27.1. The zero-order valence-electron chi connectivity index (χ0n) is 22.0. The van der Waals surface area contributed by atoms with Crippen LogP contribution in [0.4, 0.5) is 11.4 Å². The van der Waals surface area contributed by atoms with Crippen molar-refractivity contribution < 1.29 is 14.1 Å². The Morgan fingerprint density at radius 1 is 1.05 bits per heavy atom. The molecule has 0 aliphatic heterocycles. The van der Waals surface area contributed by atoms with Gasteiger partial charge in [0.2, 0.25) is 0 Å². The summed E-state index contributed by atoms with van der Waals surface area (Å²) < 4.78 is 7.55. The van der Waals surface area contributed by atoms with E-state index in [1.165, 1.54) is 16.7 Å². The highest BCUT2D eigenvalue weighted by Gasteiger charge is 2.19. The molecule has 0 aliphatic rings. The molecule has 0 radical (unpaired) electrons. The van der Waals surface area contributed by atoms with E-state index in [1.54, 1.807) is 60.7 Å². The van der Waals surface area contributed by atoms with Crippen molar-refractivity contribution in [2.24, 2.45) is 0 Å². The molecule has 5 aromatic rings. The number of hydrogen-bond donors (Lipinski definition) is 1. The van der Waals surface area contributed by atoms with Gasteiger partial charge in [0.05, 0.1) is 20.7 Å². The van der Waals surface area contributed by atoms with E-state index in [9.17, 15) is 25.0 Å². The summed E-state index contributed by atoms with van der Waals surface area (Å²) in [6, 6.07) is 25.7. The average molecular weight is 563 g/mol. The van der Waals surface area contributed by atoms with Crippen LogP contribution in [0.25, 0.3) is 28.7 Å². The maximum absolute atomic E-state index is 13.7. The lowest BCUT2D eigenvalue weighted by molar-refractivity contribution is -0.384. The largest absolute Gasteiger partial charge is 0.456 e. The lowest BCUT2D eigenvalue weighted by Gasteiger charge is -2.09. The van der Waals surface area contributed by atoms with Crippen LogP contribution in [0.5, 0.6) is 0 Å². The Kier molecular flexibility index (Phi) is 7.45. The normalized spacial score (nSPS) is 12.1. The molecule has 0 saturated heterocycles. The first-order valence-corrected chi connectivity index (χ1v) is 13.2. The number of anilines is 1. The summed E-state index contributed by atoms with van der Waals surface area (Å²) in [5.41, 5.74) is 2.33. The van der Waals surface area contributed by atoms with Crippen LogP contribution in [0.3, 0.4) is 0 Å². The van der Waals surface area contributed by atoms with Crippen LogP contribution in [-0.2, 0) is 4.79 Å². The fourth-order valence-corrected chi connectivity index (χ4v) is 5.34. The average Bonchev–Trinajstić information content (AvgIpc) is 3.56. The zero-order valence-corrected chi connectivity index (χ0v) is 22.8. The number of nitriles is 1. The molecule has 5 rings (SSSR count). The van der Waals surface area contributed by atoms with Crippen molar-refractivity contribution in [1.82, 2.24) is 4.57 Å². The number of nitro benzene ring substituents is 1. The third-order valence-corrected chi connectivity index (χ3v) is 7.39. The van der Waals surface area contributed by atoms with Gasteiger partial charge in [-0.1, -0.05) is 42.5 Å². The molecular formula is C31H22N4O5S. The summed E-state index contributed by atoms with van der Waals surface area (Å²) in [7, 11) is 0. The number of para-hydroxylation sites is 2. The number of nitrogens with one attached hydrogen (secondary N) is 1. The van der Waals surface area contributed by atoms with Crippen LogP contribution in [0.1, 0.15) is 16.9 Å². The third-order valence-electron chi connectivity index (χ3n) is 6.30. The molecule has 2 heterocycles. The highest BCUT2D eigenvalue weighted by Crippen LogP contribution is 2.31. The number of aromatic nitrogens is 1. The van der Waals surface area contributed by atoms with Crippen molar-refractivity contribution in [2.45, 2.75) is 13.8 Å². The van der Waals surface area contributed by atoms with Gasteiger partial charge in [-0.2, -0.15) is 5.26 Å². The number of aryl methyl sites for hydroxylation is 2. The summed E-state index contributed by atoms with van der Waals surface area (Å²) in [6.45, 7) is 3.75. The number of furan rings is 1. The number of amides is 1. The van der Waals surface area contributed by atoms with Crippen molar-refractivity contribution in [3.8, 4) is 23.1 Å². The highest BCUT2D eigenvalue weighted by atomic mass is 32.1. The molecule has 0 bridgehead atoms. The number of benzene rings is 3. The van der Waals surface area contributed by atoms with Gasteiger partial charge < -0.3 is 9.73 Å². The van der Waals surface area contributed by atoms with E-state index < -0.39 is 16.4 Å². The Morgan fingerprint density at radius 3 is 2.51 bits per heavy atom. The smallest absolute Gasteiger partial charge is 0.280 e. The first-order valence-electron chi connectivity index (χ1n) is 12.4. The minimum Gasteiger partial charge on any atom is -0.456 e. The molecule has 10 heteroatoms. The molecule has 0 atom stereocenters. The number of carbonyl (C=O) groups is 1. The molecule has 1 N–H and O–H groups in total. The third kappa shape index (κ3) is 5.48. The van der Waals surface area contributed by atoms with Gasteiger partial charge in [-0.25, -0.2) is 0 Å².